The molecule has 2 heterocycles. The normalized spacial score (nSPS) is 11.2. The van der Waals surface area contributed by atoms with Crippen molar-refractivity contribution in [3.8, 4) is 11.4 Å². The lowest BCUT2D eigenvalue weighted by molar-refractivity contribution is -0.143. The largest absolute Gasteiger partial charge is 0.434 e. The minimum absolute atomic E-state index is 0.0266. The van der Waals surface area contributed by atoms with Crippen LogP contribution in [0.3, 0.4) is 0 Å². The molecule has 0 radical (unpaired) electrons. The van der Waals surface area contributed by atoms with E-state index in [2.05, 4.69) is 10.2 Å². The van der Waals surface area contributed by atoms with E-state index in [9.17, 15) is 53.5 Å². The van der Waals surface area contributed by atoms with Crippen molar-refractivity contribution >= 4 is 57.3 Å². The molecule has 0 saturated carbocycles. The van der Waals surface area contributed by atoms with Gasteiger partial charge in [-0.25, -0.2) is 26.9 Å². The van der Waals surface area contributed by atoms with Gasteiger partial charge in [0.05, 0.1) is 46.3 Å². The summed E-state index contributed by atoms with van der Waals surface area (Å²) in [6.45, 7) is 0. The number of alkyl halides is 6. The SMILES string of the molecule is Nc1ccc(F)cc1F.O=C(Cl)c1cnn(-c2ccc(Cl)cc2)c1C(F)(F)F.O=C(Nc1ccc(F)cc1F)c1cnn(-c2ccc(Cl)cc2)c1C(F)(F)F. The number of halogens is 13. The molecule has 55 heavy (non-hydrogen) atoms. The zero-order valence-electron chi connectivity index (χ0n) is 26.8. The molecule has 0 atom stereocenters. The van der Waals surface area contributed by atoms with Crippen molar-refractivity contribution in [2.24, 2.45) is 0 Å². The van der Waals surface area contributed by atoms with Gasteiger partial charge in [-0.1, -0.05) is 23.2 Å². The Hall–Kier alpha value is -5.59. The molecule has 8 nitrogen and oxygen atoms in total. The van der Waals surface area contributed by atoms with E-state index in [1.807, 2.05) is 5.32 Å². The van der Waals surface area contributed by atoms with Gasteiger partial charge in [0.1, 0.15) is 23.3 Å². The summed E-state index contributed by atoms with van der Waals surface area (Å²) in [6.07, 6.45) is -8.18. The van der Waals surface area contributed by atoms with Gasteiger partial charge in [0.15, 0.2) is 11.4 Å². The smallest absolute Gasteiger partial charge is 0.396 e. The number of nitrogens with one attached hydrogen (secondary N) is 1. The van der Waals surface area contributed by atoms with Gasteiger partial charge in [-0.15, -0.1) is 0 Å². The Labute approximate surface area is 317 Å². The average molecular weight is 840 g/mol. The van der Waals surface area contributed by atoms with Crippen LogP contribution in [0, 0.1) is 23.3 Å². The molecule has 0 bridgehead atoms. The Kier molecular flexibility index (Phi) is 13.2. The summed E-state index contributed by atoms with van der Waals surface area (Å²) in [5, 5.41) is 8.63. The fourth-order valence-corrected chi connectivity index (χ4v) is 4.78. The van der Waals surface area contributed by atoms with E-state index in [0.29, 0.717) is 31.7 Å². The lowest BCUT2D eigenvalue weighted by Crippen LogP contribution is -2.21. The van der Waals surface area contributed by atoms with Crippen LogP contribution >= 0.6 is 34.8 Å². The highest BCUT2D eigenvalue weighted by atomic mass is 35.5. The second-order valence-electron chi connectivity index (χ2n) is 10.6. The van der Waals surface area contributed by atoms with Crippen LogP contribution in [0.4, 0.5) is 55.3 Å². The van der Waals surface area contributed by atoms with E-state index in [4.69, 9.17) is 40.5 Å². The van der Waals surface area contributed by atoms with Gasteiger partial charge in [0, 0.05) is 22.2 Å². The molecule has 6 rings (SSSR count). The fraction of sp³-hybridized carbons (Fsp3) is 0.0588. The number of carbonyl (C=O) groups is 2. The number of nitrogens with two attached hydrogens (primary N) is 1. The van der Waals surface area contributed by atoms with Crippen LogP contribution in [0.1, 0.15) is 32.1 Å². The summed E-state index contributed by atoms with van der Waals surface area (Å²) in [4.78, 5) is 23.3. The van der Waals surface area contributed by atoms with Gasteiger partial charge in [-0.05, 0) is 84.4 Å². The first-order valence-electron chi connectivity index (χ1n) is 14.7. The number of anilines is 2. The molecule has 0 saturated heterocycles. The molecule has 0 aliphatic heterocycles. The number of benzene rings is 4. The van der Waals surface area contributed by atoms with E-state index >= 15 is 0 Å². The van der Waals surface area contributed by atoms with Gasteiger partial charge in [-0.2, -0.15) is 36.5 Å². The first kappa shape index (κ1) is 42.2. The molecule has 1 amide bonds. The highest BCUT2D eigenvalue weighted by molar-refractivity contribution is 6.67. The Balaban J connectivity index is 0.000000207. The molecule has 0 aliphatic carbocycles. The van der Waals surface area contributed by atoms with Crippen molar-refractivity contribution < 1.29 is 53.5 Å². The molecular weight excluding hydrogens is 821 g/mol. The third kappa shape index (κ3) is 10.8. The first-order valence-corrected chi connectivity index (χ1v) is 15.8. The molecule has 3 N–H and O–H groups in total. The predicted molar refractivity (Wildman–Crippen MR) is 182 cm³/mol. The van der Waals surface area contributed by atoms with Gasteiger partial charge < -0.3 is 11.1 Å². The average Bonchev–Trinajstić information content (AvgIpc) is 3.76. The molecule has 21 heteroatoms. The minimum Gasteiger partial charge on any atom is -0.396 e. The Morgan fingerprint density at radius 2 is 1.04 bits per heavy atom. The van der Waals surface area contributed by atoms with Gasteiger partial charge in [0.2, 0.25) is 0 Å². The third-order valence-electron chi connectivity index (χ3n) is 6.82. The summed E-state index contributed by atoms with van der Waals surface area (Å²) in [6, 6.07) is 16.2. The van der Waals surface area contributed by atoms with Crippen LogP contribution in [0.15, 0.2) is 97.3 Å². The third-order valence-corrected chi connectivity index (χ3v) is 7.52. The molecule has 0 fully saturated rings. The van der Waals surface area contributed by atoms with E-state index in [-0.39, 0.29) is 17.1 Å². The molecule has 6 aromatic rings. The van der Waals surface area contributed by atoms with Crippen LogP contribution in [-0.4, -0.2) is 30.7 Å². The monoisotopic (exact) mass is 838 g/mol. The van der Waals surface area contributed by atoms with Crippen molar-refractivity contribution in [1.29, 1.82) is 0 Å². The topological polar surface area (TPSA) is 108 Å². The second kappa shape index (κ2) is 17.3. The summed E-state index contributed by atoms with van der Waals surface area (Å²) < 4.78 is 132. The molecular formula is C34H19Cl3F10N6O2. The summed E-state index contributed by atoms with van der Waals surface area (Å²) in [7, 11) is 0. The molecule has 0 spiro atoms. The highest BCUT2D eigenvalue weighted by Crippen LogP contribution is 2.36. The summed E-state index contributed by atoms with van der Waals surface area (Å²) in [5.74, 6) is -4.58. The van der Waals surface area contributed by atoms with Crippen molar-refractivity contribution in [2.75, 3.05) is 11.1 Å². The van der Waals surface area contributed by atoms with Gasteiger partial charge in [-0.3, -0.25) is 9.59 Å². The van der Waals surface area contributed by atoms with Crippen LogP contribution in [0.2, 0.25) is 10.0 Å². The lowest BCUT2D eigenvalue weighted by Gasteiger charge is -2.13. The van der Waals surface area contributed by atoms with Crippen LogP contribution in [0.5, 0.6) is 0 Å². The number of hydrogen-bond donors (Lipinski definition) is 2. The number of carbonyl (C=O) groups excluding carboxylic acids is 2. The summed E-state index contributed by atoms with van der Waals surface area (Å²) >= 11 is 16.5. The number of amides is 1. The van der Waals surface area contributed by atoms with E-state index in [1.54, 1.807) is 0 Å². The molecule has 0 unspecified atom stereocenters. The van der Waals surface area contributed by atoms with Crippen molar-refractivity contribution in [3.05, 3.63) is 153 Å². The number of rotatable bonds is 5. The Bertz CT molecular complexity index is 2310. The van der Waals surface area contributed by atoms with Crippen molar-refractivity contribution in [1.82, 2.24) is 19.6 Å². The zero-order valence-corrected chi connectivity index (χ0v) is 29.1. The predicted octanol–water partition coefficient (Wildman–Crippen LogP) is 10.5. The van der Waals surface area contributed by atoms with Gasteiger partial charge >= 0.3 is 12.4 Å². The van der Waals surface area contributed by atoms with Crippen LogP contribution in [-0.2, 0) is 12.4 Å². The van der Waals surface area contributed by atoms with E-state index < -0.39 is 75.0 Å². The molecule has 4 aromatic carbocycles. The zero-order chi connectivity index (χ0) is 40.8. The highest BCUT2D eigenvalue weighted by Gasteiger charge is 2.41. The first-order chi connectivity index (χ1) is 25.7. The number of hydrogen-bond acceptors (Lipinski definition) is 5. The van der Waals surface area contributed by atoms with Crippen LogP contribution < -0.4 is 11.1 Å². The number of aromatic nitrogens is 4. The van der Waals surface area contributed by atoms with E-state index in [1.165, 1.54) is 54.6 Å². The van der Waals surface area contributed by atoms with Crippen molar-refractivity contribution in [3.63, 3.8) is 0 Å². The Morgan fingerprint density at radius 3 is 1.44 bits per heavy atom. The maximum Gasteiger partial charge on any atom is 0.434 e. The Morgan fingerprint density at radius 1 is 0.618 bits per heavy atom. The maximum atomic E-state index is 13.7. The minimum atomic E-state index is -4.93. The second-order valence-corrected chi connectivity index (χ2v) is 11.8. The summed E-state index contributed by atoms with van der Waals surface area (Å²) in [5.41, 5.74) is 0.639. The fourth-order valence-electron chi connectivity index (χ4n) is 4.39. The molecule has 2 aromatic heterocycles. The van der Waals surface area contributed by atoms with Crippen molar-refractivity contribution in [2.45, 2.75) is 12.4 Å². The standard InChI is InChI=1S/C17H9ClF5N3O.C11H5Cl2F3N2O.C6H5F2N/c18-9-1-4-11(5-2-9)26-15(17(21,22)23)12(8-24-26)16(27)25-14-6-3-10(19)7-13(14)20;12-6-1-3-7(4-2-6)18-9(11(14,15)16)8(5-17-18)10(13)19;7-4-1-2-6(9)5(8)3-4/h1-8H,(H,25,27);1-5H;1-3H,9H2. The lowest BCUT2D eigenvalue weighted by atomic mass is 10.2. The van der Waals surface area contributed by atoms with E-state index in [0.717, 1.165) is 30.5 Å². The van der Waals surface area contributed by atoms with Crippen LogP contribution in [0.25, 0.3) is 11.4 Å². The van der Waals surface area contributed by atoms with Gasteiger partial charge in [0.25, 0.3) is 11.1 Å². The molecule has 0 aliphatic rings. The number of nitrogens with zero attached hydrogens (tertiary/aromatic N) is 4. The number of nitrogen functional groups attached to an aromatic ring is 1. The maximum absolute atomic E-state index is 13.7. The quantitative estimate of drug-likeness (QED) is 0.102. The molecule has 288 valence electrons.